The van der Waals surface area contributed by atoms with Crippen LogP contribution in [0.5, 0.6) is 0 Å². The van der Waals surface area contributed by atoms with E-state index in [-0.39, 0.29) is 18.0 Å². The molecular weight excluding hydrogens is 384 g/mol. The standard InChI is InChI=1S/C18H20N4O3S2/c1-3-10-22(12-16(23)21-18-20-11-13(2)26-18)27(24,25)15-8-4-6-14-7-5-9-19-17(14)15/h4-9,11H,3,10,12H2,1-2H3,(H,20,21,23). The summed E-state index contributed by atoms with van der Waals surface area (Å²) in [5.41, 5.74) is 0.400. The van der Waals surface area contributed by atoms with Crippen LogP contribution in [-0.2, 0) is 14.8 Å². The minimum Gasteiger partial charge on any atom is -0.301 e. The van der Waals surface area contributed by atoms with E-state index in [2.05, 4.69) is 15.3 Å². The molecular formula is C18H20N4O3S2. The van der Waals surface area contributed by atoms with E-state index in [0.717, 1.165) is 10.3 Å². The van der Waals surface area contributed by atoms with E-state index >= 15 is 0 Å². The lowest BCUT2D eigenvalue weighted by Gasteiger charge is -2.21. The van der Waals surface area contributed by atoms with Crippen molar-refractivity contribution in [2.24, 2.45) is 0 Å². The van der Waals surface area contributed by atoms with Gasteiger partial charge in [0.15, 0.2) is 5.13 Å². The number of hydrogen-bond donors (Lipinski definition) is 1. The summed E-state index contributed by atoms with van der Waals surface area (Å²) in [6, 6.07) is 8.58. The lowest BCUT2D eigenvalue weighted by Crippen LogP contribution is -2.38. The maximum Gasteiger partial charge on any atom is 0.245 e. The monoisotopic (exact) mass is 404 g/mol. The van der Waals surface area contributed by atoms with E-state index in [4.69, 9.17) is 0 Å². The number of sulfonamides is 1. The second kappa shape index (κ2) is 8.12. The van der Waals surface area contributed by atoms with Crippen molar-refractivity contribution in [3.8, 4) is 0 Å². The number of aryl methyl sites for hydroxylation is 1. The number of hydrogen-bond acceptors (Lipinski definition) is 6. The number of rotatable bonds is 7. The molecule has 0 saturated carbocycles. The summed E-state index contributed by atoms with van der Waals surface area (Å²) in [5.74, 6) is -0.422. The van der Waals surface area contributed by atoms with Crippen LogP contribution in [0, 0.1) is 6.92 Å². The van der Waals surface area contributed by atoms with E-state index in [1.165, 1.54) is 21.7 Å². The van der Waals surface area contributed by atoms with Crippen molar-refractivity contribution in [3.63, 3.8) is 0 Å². The van der Waals surface area contributed by atoms with E-state index in [1.807, 2.05) is 26.0 Å². The Bertz CT molecular complexity index is 1060. The molecule has 0 unspecified atom stereocenters. The van der Waals surface area contributed by atoms with Gasteiger partial charge in [-0.05, 0) is 25.5 Å². The number of pyridine rings is 1. The molecule has 1 N–H and O–H groups in total. The number of aromatic nitrogens is 2. The Morgan fingerprint density at radius 1 is 1.22 bits per heavy atom. The number of nitrogens with one attached hydrogen (secondary N) is 1. The number of nitrogens with zero attached hydrogens (tertiary/aromatic N) is 3. The Morgan fingerprint density at radius 3 is 2.70 bits per heavy atom. The van der Waals surface area contributed by atoms with Gasteiger partial charge >= 0.3 is 0 Å². The predicted octanol–water partition coefficient (Wildman–Crippen LogP) is 3.04. The molecule has 0 radical (unpaired) electrons. The Balaban J connectivity index is 1.89. The molecule has 0 aliphatic heterocycles. The van der Waals surface area contributed by atoms with E-state index in [1.54, 1.807) is 24.5 Å². The fourth-order valence-electron chi connectivity index (χ4n) is 2.69. The zero-order valence-electron chi connectivity index (χ0n) is 15.0. The van der Waals surface area contributed by atoms with Gasteiger partial charge in [0.1, 0.15) is 4.90 Å². The highest BCUT2D eigenvalue weighted by Gasteiger charge is 2.28. The highest BCUT2D eigenvalue weighted by molar-refractivity contribution is 7.89. The van der Waals surface area contributed by atoms with Crippen molar-refractivity contribution in [2.75, 3.05) is 18.4 Å². The summed E-state index contributed by atoms with van der Waals surface area (Å²) >= 11 is 1.34. The number of anilines is 1. The maximum absolute atomic E-state index is 13.2. The first-order valence-corrected chi connectivity index (χ1v) is 10.7. The molecule has 1 amide bonds. The molecule has 0 aliphatic rings. The van der Waals surface area contributed by atoms with Crippen LogP contribution in [0.2, 0.25) is 0 Å². The highest BCUT2D eigenvalue weighted by Crippen LogP contribution is 2.24. The average Bonchev–Trinajstić information content (AvgIpc) is 3.05. The minimum atomic E-state index is -3.88. The van der Waals surface area contributed by atoms with E-state index in [9.17, 15) is 13.2 Å². The molecule has 0 bridgehead atoms. The highest BCUT2D eigenvalue weighted by atomic mass is 32.2. The van der Waals surface area contributed by atoms with Crippen molar-refractivity contribution in [2.45, 2.75) is 25.2 Å². The lowest BCUT2D eigenvalue weighted by atomic mass is 10.2. The smallest absolute Gasteiger partial charge is 0.245 e. The summed E-state index contributed by atoms with van der Waals surface area (Å²) in [6.45, 7) is 3.70. The van der Waals surface area contributed by atoms with E-state index < -0.39 is 15.9 Å². The molecule has 2 heterocycles. The van der Waals surface area contributed by atoms with Gasteiger partial charge in [-0.25, -0.2) is 13.4 Å². The predicted molar refractivity (Wildman–Crippen MR) is 106 cm³/mol. The maximum atomic E-state index is 13.2. The Labute approximate surface area is 162 Å². The second-order valence-electron chi connectivity index (χ2n) is 5.99. The molecule has 27 heavy (non-hydrogen) atoms. The van der Waals surface area contributed by atoms with Gasteiger partial charge in [-0.15, -0.1) is 11.3 Å². The van der Waals surface area contributed by atoms with E-state index in [0.29, 0.717) is 17.1 Å². The molecule has 1 aromatic carbocycles. The van der Waals surface area contributed by atoms with Crippen LogP contribution in [0.25, 0.3) is 10.9 Å². The SMILES string of the molecule is CCCN(CC(=O)Nc1ncc(C)s1)S(=O)(=O)c1cccc2cccnc12. The largest absolute Gasteiger partial charge is 0.301 e. The van der Waals surface area contributed by atoms with Crippen LogP contribution in [0.1, 0.15) is 18.2 Å². The van der Waals surface area contributed by atoms with Gasteiger partial charge in [-0.2, -0.15) is 4.31 Å². The van der Waals surface area contributed by atoms with Crippen LogP contribution in [0.15, 0.2) is 47.6 Å². The molecule has 3 rings (SSSR count). The van der Waals surface area contributed by atoms with Gasteiger partial charge in [0.05, 0.1) is 12.1 Å². The lowest BCUT2D eigenvalue weighted by molar-refractivity contribution is -0.116. The fourth-order valence-corrected chi connectivity index (χ4v) is 5.02. The van der Waals surface area contributed by atoms with Crippen molar-refractivity contribution in [1.29, 1.82) is 0 Å². The van der Waals surface area contributed by atoms with Crippen LogP contribution in [0.4, 0.5) is 5.13 Å². The van der Waals surface area contributed by atoms with Crippen molar-refractivity contribution < 1.29 is 13.2 Å². The van der Waals surface area contributed by atoms with Gasteiger partial charge in [-0.3, -0.25) is 9.78 Å². The zero-order chi connectivity index (χ0) is 19.4. The zero-order valence-corrected chi connectivity index (χ0v) is 16.7. The molecule has 3 aromatic rings. The molecule has 2 aromatic heterocycles. The molecule has 142 valence electrons. The molecule has 0 saturated heterocycles. The number of para-hydroxylation sites is 1. The van der Waals surface area contributed by atoms with Gasteiger partial charge in [0, 0.05) is 29.2 Å². The number of thiazole rings is 1. The molecule has 0 atom stereocenters. The molecule has 0 aliphatic carbocycles. The number of carbonyl (C=O) groups is 1. The topological polar surface area (TPSA) is 92.3 Å². The van der Waals surface area contributed by atoms with Crippen LogP contribution in [0.3, 0.4) is 0 Å². The van der Waals surface area contributed by atoms with Crippen molar-refractivity contribution in [3.05, 3.63) is 47.6 Å². The van der Waals surface area contributed by atoms with Crippen LogP contribution in [-0.4, -0.2) is 41.7 Å². The van der Waals surface area contributed by atoms with Gasteiger partial charge in [0.25, 0.3) is 0 Å². The summed E-state index contributed by atoms with van der Waals surface area (Å²) in [7, 11) is -3.88. The quantitative estimate of drug-likeness (QED) is 0.653. The normalized spacial score (nSPS) is 11.8. The van der Waals surface area contributed by atoms with Gasteiger partial charge < -0.3 is 5.32 Å². The summed E-state index contributed by atoms with van der Waals surface area (Å²) < 4.78 is 27.6. The fraction of sp³-hybridized carbons (Fsp3) is 0.278. The average molecular weight is 405 g/mol. The second-order valence-corrected chi connectivity index (χ2v) is 9.14. The summed E-state index contributed by atoms with van der Waals surface area (Å²) in [4.78, 5) is 21.8. The number of benzene rings is 1. The first-order chi connectivity index (χ1) is 12.9. The first-order valence-electron chi connectivity index (χ1n) is 8.48. The third-order valence-electron chi connectivity index (χ3n) is 3.87. The molecule has 7 nitrogen and oxygen atoms in total. The minimum absolute atomic E-state index is 0.104. The van der Waals surface area contributed by atoms with Crippen LogP contribution >= 0.6 is 11.3 Å². The molecule has 0 spiro atoms. The third kappa shape index (κ3) is 4.32. The number of fused-ring (bicyclic) bond motifs is 1. The first kappa shape index (κ1) is 19.4. The third-order valence-corrected chi connectivity index (χ3v) is 6.58. The van der Waals surface area contributed by atoms with Crippen LogP contribution < -0.4 is 5.32 Å². The Hall–Kier alpha value is -2.36. The van der Waals surface area contributed by atoms with Gasteiger partial charge in [0.2, 0.25) is 15.9 Å². The van der Waals surface area contributed by atoms with Crippen molar-refractivity contribution >= 4 is 43.3 Å². The number of carbonyl (C=O) groups excluding carboxylic acids is 1. The summed E-state index contributed by atoms with van der Waals surface area (Å²) in [5, 5.41) is 3.85. The molecule has 9 heteroatoms. The van der Waals surface area contributed by atoms with Crippen molar-refractivity contribution in [1.82, 2.24) is 14.3 Å². The number of amides is 1. The summed E-state index contributed by atoms with van der Waals surface area (Å²) in [6.07, 6.45) is 3.80. The Kier molecular flexibility index (Phi) is 5.83. The van der Waals surface area contributed by atoms with Gasteiger partial charge in [-0.1, -0.05) is 25.1 Å². The Morgan fingerprint density at radius 2 is 2.00 bits per heavy atom. The molecule has 0 fully saturated rings.